The minimum absolute atomic E-state index is 0.395. The topological polar surface area (TPSA) is 20.3 Å². The molecular formula is C13H25NO. The molecule has 0 atom stereocenters. The Morgan fingerprint density at radius 3 is 2.33 bits per heavy atom. The second kappa shape index (κ2) is 7.72. The lowest BCUT2D eigenvalue weighted by Crippen LogP contribution is -2.35. The van der Waals surface area contributed by atoms with Gasteiger partial charge in [0.2, 0.25) is 5.91 Å². The molecule has 0 aromatic rings. The molecule has 0 aliphatic carbocycles. The first-order valence-electron chi connectivity index (χ1n) is 6.62. The molecule has 0 saturated carbocycles. The fourth-order valence-corrected chi connectivity index (χ4v) is 2.18. The molecule has 1 aliphatic rings. The van der Waals surface area contributed by atoms with Crippen molar-refractivity contribution in [3.8, 4) is 0 Å². The van der Waals surface area contributed by atoms with Crippen molar-refractivity contribution in [2.24, 2.45) is 0 Å². The molecule has 15 heavy (non-hydrogen) atoms. The Kier molecular flexibility index (Phi) is 6.45. The first-order valence-corrected chi connectivity index (χ1v) is 6.62. The van der Waals surface area contributed by atoms with E-state index in [-0.39, 0.29) is 0 Å². The second-order valence-corrected chi connectivity index (χ2v) is 4.61. The van der Waals surface area contributed by atoms with Gasteiger partial charge in [0.05, 0.1) is 0 Å². The third-order valence-electron chi connectivity index (χ3n) is 3.20. The van der Waals surface area contributed by atoms with Gasteiger partial charge in [0.1, 0.15) is 0 Å². The molecule has 1 heterocycles. The zero-order valence-corrected chi connectivity index (χ0v) is 10.1. The Bertz CT molecular complexity index is 173. The summed E-state index contributed by atoms with van der Waals surface area (Å²) in [6.07, 6.45) is 10.7. The average Bonchev–Trinajstić information content (AvgIpc) is 2.30. The van der Waals surface area contributed by atoms with E-state index in [1.165, 1.54) is 44.9 Å². The minimum Gasteiger partial charge on any atom is -0.343 e. The van der Waals surface area contributed by atoms with Crippen LogP contribution in [0.4, 0.5) is 0 Å². The first kappa shape index (κ1) is 12.5. The number of piperidine rings is 1. The van der Waals surface area contributed by atoms with Crippen molar-refractivity contribution in [1.82, 2.24) is 4.90 Å². The quantitative estimate of drug-likeness (QED) is 0.617. The summed E-state index contributed by atoms with van der Waals surface area (Å²) in [5.41, 5.74) is 0. The number of nitrogens with zero attached hydrogens (tertiary/aromatic N) is 1. The van der Waals surface area contributed by atoms with Crippen molar-refractivity contribution in [3.05, 3.63) is 0 Å². The minimum atomic E-state index is 0.395. The summed E-state index contributed by atoms with van der Waals surface area (Å²) in [4.78, 5) is 13.8. The third-order valence-corrected chi connectivity index (χ3v) is 3.20. The normalized spacial score (nSPS) is 16.7. The van der Waals surface area contributed by atoms with Gasteiger partial charge in [-0.15, -0.1) is 0 Å². The summed E-state index contributed by atoms with van der Waals surface area (Å²) in [5.74, 6) is 0.395. The van der Waals surface area contributed by atoms with Crippen LogP contribution in [-0.2, 0) is 4.79 Å². The molecule has 1 aliphatic heterocycles. The SMILES string of the molecule is CCCCCCCC(=O)N1CCCCC1. The van der Waals surface area contributed by atoms with Crippen LogP contribution in [0.15, 0.2) is 0 Å². The Labute approximate surface area is 94.0 Å². The number of likely N-dealkylation sites (tertiary alicyclic amines) is 1. The van der Waals surface area contributed by atoms with Gasteiger partial charge in [-0.2, -0.15) is 0 Å². The van der Waals surface area contributed by atoms with Gasteiger partial charge in [0.15, 0.2) is 0 Å². The first-order chi connectivity index (χ1) is 7.34. The molecule has 0 aromatic carbocycles. The van der Waals surface area contributed by atoms with Crippen molar-refractivity contribution in [2.75, 3.05) is 13.1 Å². The van der Waals surface area contributed by atoms with Crippen LogP contribution in [-0.4, -0.2) is 23.9 Å². The lowest BCUT2D eigenvalue weighted by Gasteiger charge is -2.26. The highest BCUT2D eigenvalue weighted by atomic mass is 16.2. The van der Waals surface area contributed by atoms with Gasteiger partial charge < -0.3 is 4.90 Å². The molecule has 2 nitrogen and oxygen atoms in total. The van der Waals surface area contributed by atoms with E-state index in [0.29, 0.717) is 5.91 Å². The Hall–Kier alpha value is -0.530. The fraction of sp³-hybridized carbons (Fsp3) is 0.923. The smallest absolute Gasteiger partial charge is 0.222 e. The standard InChI is InChI=1S/C13H25NO/c1-2-3-4-5-7-10-13(15)14-11-8-6-9-12-14/h2-12H2,1H3. The van der Waals surface area contributed by atoms with Crippen LogP contribution < -0.4 is 0 Å². The third kappa shape index (κ3) is 5.19. The van der Waals surface area contributed by atoms with Crippen LogP contribution in [0.1, 0.15) is 64.7 Å². The molecule has 0 spiro atoms. The second-order valence-electron chi connectivity index (χ2n) is 4.61. The highest BCUT2D eigenvalue weighted by molar-refractivity contribution is 5.76. The maximum absolute atomic E-state index is 11.8. The van der Waals surface area contributed by atoms with E-state index in [9.17, 15) is 4.79 Å². The predicted octanol–water partition coefficient (Wildman–Crippen LogP) is 3.36. The van der Waals surface area contributed by atoms with Crippen molar-refractivity contribution >= 4 is 5.91 Å². The van der Waals surface area contributed by atoms with Crippen molar-refractivity contribution < 1.29 is 4.79 Å². The van der Waals surface area contributed by atoms with Gasteiger partial charge >= 0.3 is 0 Å². The zero-order valence-electron chi connectivity index (χ0n) is 10.1. The van der Waals surface area contributed by atoms with Gasteiger partial charge in [-0.1, -0.05) is 32.6 Å². The van der Waals surface area contributed by atoms with Crippen LogP contribution in [0.25, 0.3) is 0 Å². The Balaban J connectivity index is 2.02. The van der Waals surface area contributed by atoms with Gasteiger partial charge in [0.25, 0.3) is 0 Å². The van der Waals surface area contributed by atoms with Crippen LogP contribution in [0.5, 0.6) is 0 Å². The lowest BCUT2D eigenvalue weighted by atomic mass is 10.1. The predicted molar refractivity (Wildman–Crippen MR) is 63.8 cm³/mol. The van der Waals surface area contributed by atoms with Crippen LogP contribution in [0, 0.1) is 0 Å². The Morgan fingerprint density at radius 1 is 1.00 bits per heavy atom. The summed E-state index contributed by atoms with van der Waals surface area (Å²) in [7, 11) is 0. The van der Waals surface area contributed by atoms with Crippen molar-refractivity contribution in [1.29, 1.82) is 0 Å². The van der Waals surface area contributed by atoms with Crippen LogP contribution in [0.3, 0.4) is 0 Å². The van der Waals surface area contributed by atoms with Gasteiger partial charge in [0, 0.05) is 19.5 Å². The molecule has 1 fully saturated rings. The molecule has 0 N–H and O–H groups in total. The van der Waals surface area contributed by atoms with E-state index in [1.807, 2.05) is 0 Å². The van der Waals surface area contributed by atoms with Crippen molar-refractivity contribution in [3.63, 3.8) is 0 Å². The summed E-state index contributed by atoms with van der Waals surface area (Å²) in [6, 6.07) is 0. The molecule has 1 rings (SSSR count). The van der Waals surface area contributed by atoms with Crippen LogP contribution in [0.2, 0.25) is 0 Å². The summed E-state index contributed by atoms with van der Waals surface area (Å²) in [6.45, 7) is 4.24. The number of carbonyl (C=O) groups excluding carboxylic acids is 1. The maximum Gasteiger partial charge on any atom is 0.222 e. The van der Waals surface area contributed by atoms with E-state index in [4.69, 9.17) is 0 Å². The highest BCUT2D eigenvalue weighted by Crippen LogP contribution is 2.12. The molecule has 1 saturated heterocycles. The monoisotopic (exact) mass is 211 g/mol. The molecule has 0 radical (unpaired) electrons. The molecule has 2 heteroatoms. The van der Waals surface area contributed by atoms with Gasteiger partial charge in [-0.05, 0) is 25.7 Å². The summed E-state index contributed by atoms with van der Waals surface area (Å²) in [5, 5.41) is 0. The average molecular weight is 211 g/mol. The number of hydrogen-bond acceptors (Lipinski definition) is 1. The molecule has 0 aromatic heterocycles. The number of carbonyl (C=O) groups is 1. The summed E-state index contributed by atoms with van der Waals surface area (Å²) < 4.78 is 0. The molecule has 88 valence electrons. The van der Waals surface area contributed by atoms with Gasteiger partial charge in [-0.25, -0.2) is 0 Å². The number of amides is 1. The Morgan fingerprint density at radius 2 is 1.67 bits per heavy atom. The zero-order chi connectivity index (χ0) is 10.9. The van der Waals surface area contributed by atoms with E-state index in [2.05, 4.69) is 11.8 Å². The molecule has 1 amide bonds. The number of rotatable bonds is 6. The number of unbranched alkanes of at least 4 members (excludes halogenated alkanes) is 4. The fourth-order valence-electron chi connectivity index (χ4n) is 2.18. The number of hydrogen-bond donors (Lipinski definition) is 0. The van der Waals surface area contributed by atoms with Gasteiger partial charge in [-0.3, -0.25) is 4.79 Å². The highest BCUT2D eigenvalue weighted by Gasteiger charge is 2.15. The molecule has 0 unspecified atom stereocenters. The van der Waals surface area contributed by atoms with E-state index in [0.717, 1.165) is 25.9 Å². The van der Waals surface area contributed by atoms with Crippen molar-refractivity contribution in [2.45, 2.75) is 64.7 Å². The van der Waals surface area contributed by atoms with E-state index < -0.39 is 0 Å². The summed E-state index contributed by atoms with van der Waals surface area (Å²) >= 11 is 0. The van der Waals surface area contributed by atoms with E-state index in [1.54, 1.807) is 0 Å². The van der Waals surface area contributed by atoms with E-state index >= 15 is 0 Å². The van der Waals surface area contributed by atoms with Crippen LogP contribution >= 0.6 is 0 Å². The largest absolute Gasteiger partial charge is 0.343 e. The molecular weight excluding hydrogens is 186 g/mol. The lowest BCUT2D eigenvalue weighted by molar-refractivity contribution is -0.132. The maximum atomic E-state index is 11.8. The molecule has 0 bridgehead atoms.